The summed E-state index contributed by atoms with van der Waals surface area (Å²) in [5, 5.41) is 9.41. The van der Waals surface area contributed by atoms with E-state index in [0.717, 1.165) is 24.9 Å². The summed E-state index contributed by atoms with van der Waals surface area (Å²) in [5.74, 6) is -0.526. The van der Waals surface area contributed by atoms with Gasteiger partial charge in [0.25, 0.3) is 5.56 Å². The summed E-state index contributed by atoms with van der Waals surface area (Å²) >= 11 is 0. The normalized spacial score (nSPS) is 12.9. The van der Waals surface area contributed by atoms with Crippen molar-refractivity contribution >= 4 is 5.97 Å². The third-order valence-electron chi connectivity index (χ3n) is 3.49. The van der Waals surface area contributed by atoms with Gasteiger partial charge in [0.15, 0.2) is 0 Å². The number of carbonyl (C=O) groups is 1. The second-order valence-electron chi connectivity index (χ2n) is 6.16. The highest BCUT2D eigenvalue weighted by atomic mass is 16.4. The van der Waals surface area contributed by atoms with Crippen LogP contribution in [0.15, 0.2) is 23.1 Å². The van der Waals surface area contributed by atoms with Crippen LogP contribution in [0.3, 0.4) is 0 Å². The Hall–Kier alpha value is -1.62. The van der Waals surface area contributed by atoms with Gasteiger partial charge in [0.1, 0.15) is 6.04 Å². The van der Waals surface area contributed by atoms with Crippen LogP contribution in [0.4, 0.5) is 0 Å². The third-order valence-corrected chi connectivity index (χ3v) is 3.49. The first-order valence-electron chi connectivity index (χ1n) is 7.40. The topological polar surface area (TPSA) is 62.5 Å². The lowest BCUT2D eigenvalue weighted by Crippen LogP contribution is -2.30. The number of aliphatic carboxylic acids is 1. The molecule has 0 radical (unpaired) electrons. The average molecular weight is 294 g/mol. The van der Waals surface area contributed by atoms with E-state index < -0.39 is 12.0 Å². The van der Waals surface area contributed by atoms with Gasteiger partial charge in [-0.2, -0.15) is 0 Å². The SMILES string of the molecule is CC(C)CCC(C(=O)O)n1cc(CCN(C)C)ccc1=O. The monoisotopic (exact) mass is 294 g/mol. The minimum absolute atomic E-state index is 0.250. The Bertz CT molecular complexity index is 520. The molecule has 0 aliphatic carbocycles. The zero-order valence-corrected chi connectivity index (χ0v) is 13.4. The molecular weight excluding hydrogens is 268 g/mol. The Kier molecular flexibility index (Phi) is 6.62. The maximum Gasteiger partial charge on any atom is 0.326 e. The lowest BCUT2D eigenvalue weighted by atomic mass is 10.0. The van der Waals surface area contributed by atoms with E-state index in [1.807, 2.05) is 14.1 Å². The molecule has 1 rings (SSSR count). The third kappa shape index (κ3) is 5.71. The fraction of sp³-hybridized carbons (Fsp3) is 0.625. The highest BCUT2D eigenvalue weighted by Gasteiger charge is 2.20. The zero-order chi connectivity index (χ0) is 16.0. The van der Waals surface area contributed by atoms with Crippen molar-refractivity contribution in [3.8, 4) is 0 Å². The molecule has 1 aromatic heterocycles. The molecule has 0 spiro atoms. The maximum absolute atomic E-state index is 12.0. The molecule has 0 aliphatic heterocycles. The molecular formula is C16H26N2O3. The van der Waals surface area contributed by atoms with Gasteiger partial charge in [-0.25, -0.2) is 4.79 Å². The van der Waals surface area contributed by atoms with Gasteiger partial charge < -0.3 is 14.6 Å². The molecule has 0 saturated heterocycles. The van der Waals surface area contributed by atoms with E-state index in [1.54, 1.807) is 12.3 Å². The quantitative estimate of drug-likeness (QED) is 0.796. The standard InChI is InChI=1S/C16H26N2O3/c1-12(2)5-7-14(16(20)21)18-11-13(6-8-15(18)19)9-10-17(3)4/h6,8,11-12,14H,5,7,9-10H2,1-4H3,(H,20,21). The molecule has 21 heavy (non-hydrogen) atoms. The molecule has 1 heterocycles. The maximum atomic E-state index is 12.0. The van der Waals surface area contributed by atoms with Crippen molar-refractivity contribution in [3.05, 3.63) is 34.2 Å². The van der Waals surface area contributed by atoms with Crippen LogP contribution in [0.5, 0.6) is 0 Å². The van der Waals surface area contributed by atoms with Crippen molar-refractivity contribution in [2.24, 2.45) is 5.92 Å². The number of hydrogen-bond acceptors (Lipinski definition) is 3. The molecule has 0 aromatic carbocycles. The lowest BCUT2D eigenvalue weighted by Gasteiger charge is -2.18. The van der Waals surface area contributed by atoms with Crippen LogP contribution in [0.2, 0.25) is 0 Å². The van der Waals surface area contributed by atoms with Gasteiger partial charge in [-0.3, -0.25) is 4.79 Å². The highest BCUT2D eigenvalue weighted by molar-refractivity contribution is 5.71. The highest BCUT2D eigenvalue weighted by Crippen LogP contribution is 2.17. The van der Waals surface area contributed by atoms with Gasteiger partial charge in [0.2, 0.25) is 0 Å². The summed E-state index contributed by atoms with van der Waals surface area (Å²) in [7, 11) is 3.97. The zero-order valence-electron chi connectivity index (χ0n) is 13.4. The Morgan fingerprint density at radius 3 is 2.48 bits per heavy atom. The van der Waals surface area contributed by atoms with Crippen molar-refractivity contribution in [1.29, 1.82) is 0 Å². The van der Waals surface area contributed by atoms with E-state index in [0.29, 0.717) is 12.3 Å². The van der Waals surface area contributed by atoms with Gasteiger partial charge >= 0.3 is 5.97 Å². The number of rotatable bonds is 8. The molecule has 5 nitrogen and oxygen atoms in total. The Labute approximate surface area is 126 Å². The first-order valence-corrected chi connectivity index (χ1v) is 7.40. The van der Waals surface area contributed by atoms with Crippen molar-refractivity contribution in [2.75, 3.05) is 20.6 Å². The summed E-state index contributed by atoms with van der Waals surface area (Å²) in [5.41, 5.74) is 0.735. The van der Waals surface area contributed by atoms with Crippen LogP contribution in [-0.4, -0.2) is 41.2 Å². The summed E-state index contributed by atoms with van der Waals surface area (Å²) in [6.07, 6.45) is 3.75. The van der Waals surface area contributed by atoms with Gasteiger partial charge in [-0.15, -0.1) is 0 Å². The van der Waals surface area contributed by atoms with Gasteiger partial charge in [0, 0.05) is 18.8 Å². The summed E-state index contributed by atoms with van der Waals surface area (Å²) in [6.45, 7) is 4.96. The van der Waals surface area contributed by atoms with E-state index >= 15 is 0 Å². The number of carboxylic acids is 1. The van der Waals surface area contributed by atoms with Crippen LogP contribution in [0.25, 0.3) is 0 Å². The van der Waals surface area contributed by atoms with Crippen molar-refractivity contribution in [2.45, 2.75) is 39.2 Å². The number of pyridine rings is 1. The Morgan fingerprint density at radius 1 is 1.29 bits per heavy atom. The lowest BCUT2D eigenvalue weighted by molar-refractivity contribution is -0.141. The fourth-order valence-corrected chi connectivity index (χ4v) is 2.17. The van der Waals surface area contributed by atoms with Crippen molar-refractivity contribution < 1.29 is 9.90 Å². The van der Waals surface area contributed by atoms with E-state index in [-0.39, 0.29) is 5.56 Å². The molecule has 1 atom stereocenters. The number of nitrogens with zero attached hydrogens (tertiary/aromatic N) is 2. The van der Waals surface area contributed by atoms with Gasteiger partial charge in [0.05, 0.1) is 0 Å². The molecule has 0 fully saturated rings. The van der Waals surface area contributed by atoms with E-state index in [2.05, 4.69) is 18.7 Å². The van der Waals surface area contributed by atoms with Crippen LogP contribution in [-0.2, 0) is 11.2 Å². The molecule has 118 valence electrons. The van der Waals surface area contributed by atoms with Gasteiger partial charge in [-0.05, 0) is 44.8 Å². The number of aromatic nitrogens is 1. The summed E-state index contributed by atoms with van der Waals surface area (Å²) in [6, 6.07) is 2.47. The molecule has 1 unspecified atom stereocenters. The molecule has 1 N–H and O–H groups in total. The molecule has 0 amide bonds. The van der Waals surface area contributed by atoms with E-state index in [1.165, 1.54) is 10.6 Å². The van der Waals surface area contributed by atoms with Gasteiger partial charge in [-0.1, -0.05) is 19.9 Å². The number of carboxylic acid groups (broad SMARTS) is 1. The second-order valence-corrected chi connectivity index (χ2v) is 6.16. The predicted octanol–water partition coefficient (Wildman–Crippen LogP) is 2.01. The van der Waals surface area contributed by atoms with Crippen LogP contribution in [0, 0.1) is 5.92 Å². The fourth-order valence-electron chi connectivity index (χ4n) is 2.17. The predicted molar refractivity (Wildman–Crippen MR) is 83.7 cm³/mol. The molecule has 0 aliphatic rings. The summed E-state index contributed by atoms with van der Waals surface area (Å²) < 4.78 is 1.37. The number of hydrogen-bond donors (Lipinski definition) is 1. The molecule has 0 bridgehead atoms. The smallest absolute Gasteiger partial charge is 0.326 e. The summed E-state index contributed by atoms with van der Waals surface area (Å²) in [4.78, 5) is 25.5. The van der Waals surface area contributed by atoms with Crippen molar-refractivity contribution in [1.82, 2.24) is 9.47 Å². The average Bonchev–Trinajstić information content (AvgIpc) is 2.38. The molecule has 5 heteroatoms. The Balaban J connectivity index is 2.98. The second kappa shape index (κ2) is 7.98. The first-order chi connectivity index (χ1) is 9.81. The van der Waals surface area contributed by atoms with E-state index in [9.17, 15) is 14.7 Å². The minimum Gasteiger partial charge on any atom is -0.480 e. The molecule has 1 aromatic rings. The Morgan fingerprint density at radius 2 is 1.95 bits per heavy atom. The van der Waals surface area contributed by atoms with Crippen LogP contribution < -0.4 is 5.56 Å². The minimum atomic E-state index is -0.942. The first kappa shape index (κ1) is 17.4. The number of likely N-dealkylation sites (N-methyl/N-ethyl adjacent to an activating group) is 1. The largest absolute Gasteiger partial charge is 0.480 e. The van der Waals surface area contributed by atoms with Crippen LogP contribution in [0.1, 0.15) is 38.3 Å². The molecule has 0 saturated carbocycles. The van der Waals surface area contributed by atoms with Crippen LogP contribution >= 0.6 is 0 Å². The van der Waals surface area contributed by atoms with Crippen molar-refractivity contribution in [3.63, 3.8) is 0 Å². The van der Waals surface area contributed by atoms with E-state index in [4.69, 9.17) is 0 Å².